The minimum absolute atomic E-state index is 0.419. The molecule has 0 atom stereocenters. The summed E-state index contributed by atoms with van der Waals surface area (Å²) in [5, 5.41) is 8.39. The highest BCUT2D eigenvalue weighted by Crippen LogP contribution is 2.29. The molecule has 0 aromatic carbocycles. The fraction of sp³-hybridized carbons (Fsp3) is 0.143. The summed E-state index contributed by atoms with van der Waals surface area (Å²) < 4.78 is 59.7. The van der Waals surface area contributed by atoms with Crippen LogP contribution in [0.2, 0.25) is 0 Å². The number of alkyl halides is 2. The largest absolute Gasteiger partial charge is 0.269 e. The van der Waals surface area contributed by atoms with Crippen molar-refractivity contribution in [2.24, 2.45) is 0 Å². The van der Waals surface area contributed by atoms with E-state index in [0.717, 1.165) is 0 Å². The van der Waals surface area contributed by atoms with Gasteiger partial charge in [-0.15, -0.1) is 0 Å². The van der Waals surface area contributed by atoms with E-state index in [0.29, 0.717) is 6.20 Å². The van der Waals surface area contributed by atoms with Gasteiger partial charge in [-0.2, -0.15) is 5.26 Å². The molecule has 0 saturated heterocycles. The van der Waals surface area contributed by atoms with Crippen LogP contribution in [0.1, 0.15) is 17.7 Å². The predicted octanol–water partition coefficient (Wildman–Crippen LogP) is 1.96. The maximum absolute atomic E-state index is 13.3. The van der Waals surface area contributed by atoms with Crippen LogP contribution in [0.4, 0.5) is 13.2 Å². The maximum atomic E-state index is 13.3. The molecule has 0 radical (unpaired) electrons. The normalized spacial score (nSPS) is 11.5. The minimum Gasteiger partial charge on any atom is -0.243 e. The van der Waals surface area contributed by atoms with Crippen LogP contribution >= 0.6 is 10.7 Å². The van der Waals surface area contributed by atoms with Gasteiger partial charge in [0.1, 0.15) is 11.0 Å². The lowest BCUT2D eigenvalue weighted by atomic mass is 10.2. The van der Waals surface area contributed by atoms with Crippen molar-refractivity contribution in [3.63, 3.8) is 0 Å². The van der Waals surface area contributed by atoms with Crippen LogP contribution in [0.3, 0.4) is 0 Å². The molecule has 0 fully saturated rings. The van der Waals surface area contributed by atoms with Gasteiger partial charge >= 0.3 is 0 Å². The summed E-state index contributed by atoms with van der Waals surface area (Å²) >= 11 is 0. The van der Waals surface area contributed by atoms with E-state index in [1.165, 1.54) is 6.07 Å². The smallest absolute Gasteiger partial charge is 0.243 e. The van der Waals surface area contributed by atoms with Gasteiger partial charge in [0.05, 0.1) is 11.8 Å². The van der Waals surface area contributed by atoms with Crippen molar-refractivity contribution >= 4 is 19.7 Å². The van der Waals surface area contributed by atoms with Crippen molar-refractivity contribution in [2.75, 3.05) is 0 Å². The summed E-state index contributed by atoms with van der Waals surface area (Å²) in [5.74, 6) is -1.75. The summed E-state index contributed by atoms with van der Waals surface area (Å²) in [5.41, 5.74) is -2.25. The Kier molecular flexibility index (Phi) is 3.40. The molecule has 1 aromatic rings. The second kappa shape index (κ2) is 4.27. The van der Waals surface area contributed by atoms with Crippen molar-refractivity contribution in [2.45, 2.75) is 11.3 Å². The van der Waals surface area contributed by atoms with Crippen molar-refractivity contribution in [3.8, 4) is 6.07 Å². The van der Waals surface area contributed by atoms with Crippen molar-refractivity contribution in [1.29, 1.82) is 5.26 Å². The van der Waals surface area contributed by atoms with E-state index in [1.807, 2.05) is 0 Å². The molecular weight excluding hydrogens is 269 g/mol. The second-order valence-corrected chi connectivity index (χ2v) is 5.08. The summed E-state index contributed by atoms with van der Waals surface area (Å²) in [7, 11) is 0.278. The number of rotatable bonds is 2. The lowest BCUT2D eigenvalue weighted by Crippen LogP contribution is -2.05. The number of pyridine rings is 1. The Bertz CT molecular complexity index is 568. The van der Waals surface area contributed by atoms with Crippen LogP contribution in [0.15, 0.2) is 11.1 Å². The molecular formula is C7H2ClF3N2O2S. The number of hydrogen-bond donors (Lipinski definition) is 0. The first-order chi connectivity index (χ1) is 7.29. The fourth-order valence-corrected chi connectivity index (χ4v) is 1.77. The van der Waals surface area contributed by atoms with Gasteiger partial charge in [0.25, 0.3) is 15.5 Å². The second-order valence-electron chi connectivity index (χ2n) is 2.55. The predicted molar refractivity (Wildman–Crippen MR) is 46.9 cm³/mol. The molecule has 0 aliphatic rings. The first-order valence-corrected chi connectivity index (χ1v) is 5.91. The molecule has 1 heterocycles. The molecule has 1 aromatic heterocycles. The van der Waals surface area contributed by atoms with Crippen LogP contribution in [0.25, 0.3) is 0 Å². The highest BCUT2D eigenvalue weighted by molar-refractivity contribution is 8.13. The summed E-state index contributed by atoms with van der Waals surface area (Å²) in [6, 6.07) is 1.23. The van der Waals surface area contributed by atoms with Gasteiger partial charge in [0, 0.05) is 10.7 Å². The maximum Gasteiger partial charge on any atom is 0.269 e. The number of aromatic nitrogens is 1. The zero-order valence-corrected chi connectivity index (χ0v) is 8.86. The molecule has 0 N–H and O–H groups in total. The average Bonchev–Trinajstić information content (AvgIpc) is 2.14. The van der Waals surface area contributed by atoms with Gasteiger partial charge in [0.15, 0.2) is 11.5 Å². The number of nitriles is 1. The van der Waals surface area contributed by atoms with Crippen LogP contribution in [-0.4, -0.2) is 13.4 Å². The number of halogens is 4. The lowest BCUT2D eigenvalue weighted by molar-refractivity contribution is 0.144. The Morgan fingerprint density at radius 2 is 2.06 bits per heavy atom. The molecule has 0 saturated carbocycles. The quantitative estimate of drug-likeness (QED) is 0.770. The third-order valence-corrected chi connectivity index (χ3v) is 2.91. The van der Waals surface area contributed by atoms with Crippen LogP contribution in [0.5, 0.6) is 0 Å². The molecule has 16 heavy (non-hydrogen) atoms. The van der Waals surface area contributed by atoms with Gasteiger partial charge in [-0.3, -0.25) is 0 Å². The molecule has 9 heteroatoms. The summed E-state index contributed by atoms with van der Waals surface area (Å²) in [6.45, 7) is 0. The number of hydrogen-bond acceptors (Lipinski definition) is 4. The van der Waals surface area contributed by atoms with Gasteiger partial charge in [-0.25, -0.2) is 26.6 Å². The SMILES string of the molecule is N#Cc1ncc(S(=O)(=O)Cl)c(F)c1C(F)F. The van der Waals surface area contributed by atoms with E-state index in [-0.39, 0.29) is 0 Å². The topological polar surface area (TPSA) is 70.8 Å². The van der Waals surface area contributed by atoms with Crippen molar-refractivity contribution in [1.82, 2.24) is 4.98 Å². The van der Waals surface area contributed by atoms with E-state index in [1.54, 1.807) is 0 Å². The first-order valence-electron chi connectivity index (χ1n) is 3.60. The molecule has 0 spiro atoms. The van der Waals surface area contributed by atoms with Gasteiger partial charge in [-0.1, -0.05) is 0 Å². The highest BCUT2D eigenvalue weighted by atomic mass is 35.7. The molecule has 86 valence electrons. The molecule has 0 unspecified atom stereocenters. The third kappa shape index (κ3) is 2.25. The summed E-state index contributed by atoms with van der Waals surface area (Å²) in [4.78, 5) is 1.92. The fourth-order valence-electron chi connectivity index (χ4n) is 0.944. The van der Waals surface area contributed by atoms with E-state index in [4.69, 9.17) is 15.9 Å². The Balaban J connectivity index is 3.65. The van der Waals surface area contributed by atoms with E-state index in [2.05, 4.69) is 4.98 Å². The first kappa shape index (κ1) is 12.7. The molecule has 0 aliphatic heterocycles. The minimum atomic E-state index is -4.52. The molecule has 0 amide bonds. The monoisotopic (exact) mass is 270 g/mol. The van der Waals surface area contributed by atoms with Crippen LogP contribution < -0.4 is 0 Å². The highest BCUT2D eigenvalue weighted by Gasteiger charge is 2.27. The Morgan fingerprint density at radius 3 is 2.44 bits per heavy atom. The molecule has 1 rings (SSSR count). The zero-order chi connectivity index (χ0) is 12.5. The van der Waals surface area contributed by atoms with Gasteiger partial charge < -0.3 is 0 Å². The van der Waals surface area contributed by atoms with Crippen LogP contribution in [-0.2, 0) is 9.05 Å². The van der Waals surface area contributed by atoms with Crippen molar-refractivity contribution < 1.29 is 21.6 Å². The Hall–Kier alpha value is -1.33. The van der Waals surface area contributed by atoms with Gasteiger partial charge in [0.2, 0.25) is 0 Å². The van der Waals surface area contributed by atoms with E-state index < -0.39 is 37.4 Å². The average molecular weight is 271 g/mol. The number of nitrogens with zero attached hydrogens (tertiary/aromatic N) is 2. The molecule has 4 nitrogen and oxygen atoms in total. The Labute approximate surface area is 92.7 Å². The van der Waals surface area contributed by atoms with Gasteiger partial charge in [-0.05, 0) is 0 Å². The third-order valence-electron chi connectivity index (χ3n) is 1.61. The standard InChI is InChI=1S/C7H2ClF3N2O2S/c8-16(14,15)4-2-13-3(1-12)5(6(4)9)7(10)11/h2,7H. The molecule has 0 aliphatic carbocycles. The molecule has 0 bridgehead atoms. The summed E-state index contributed by atoms with van der Waals surface area (Å²) in [6.07, 6.45) is -2.94. The lowest BCUT2D eigenvalue weighted by Gasteiger charge is -2.06. The van der Waals surface area contributed by atoms with E-state index in [9.17, 15) is 21.6 Å². The Morgan fingerprint density at radius 1 is 1.50 bits per heavy atom. The zero-order valence-electron chi connectivity index (χ0n) is 7.29. The van der Waals surface area contributed by atoms with Crippen LogP contribution in [0, 0.1) is 17.1 Å². The van der Waals surface area contributed by atoms with Crippen molar-refractivity contribution in [3.05, 3.63) is 23.3 Å². The van der Waals surface area contributed by atoms with E-state index >= 15 is 0 Å².